The van der Waals surface area contributed by atoms with E-state index in [-0.39, 0.29) is 5.91 Å². The topological polar surface area (TPSA) is 53.4 Å². The standard InChI is InChI=1S/C19H16N2O2S/c22-18-15-8-4-5-9-16(15)19(23)21(18)11-10-14-12-24-17(20-14)13-6-2-1-3-7-13/h1-9,12,18,22H,10-11H2. The molecule has 1 aliphatic heterocycles. The maximum absolute atomic E-state index is 12.4. The van der Waals surface area contributed by atoms with Gasteiger partial charge < -0.3 is 10.0 Å². The minimum absolute atomic E-state index is 0.114. The molecule has 0 saturated heterocycles. The smallest absolute Gasteiger partial charge is 0.256 e. The number of aliphatic hydroxyl groups excluding tert-OH is 1. The van der Waals surface area contributed by atoms with Gasteiger partial charge in [-0.25, -0.2) is 4.98 Å². The number of hydrogen-bond acceptors (Lipinski definition) is 4. The molecule has 1 atom stereocenters. The lowest BCUT2D eigenvalue weighted by Crippen LogP contribution is -2.30. The zero-order valence-corrected chi connectivity index (χ0v) is 13.7. The van der Waals surface area contributed by atoms with E-state index in [4.69, 9.17) is 0 Å². The van der Waals surface area contributed by atoms with Crippen molar-refractivity contribution in [2.75, 3.05) is 6.54 Å². The molecule has 0 bridgehead atoms. The number of thiazole rings is 1. The van der Waals surface area contributed by atoms with E-state index in [0.29, 0.717) is 24.1 Å². The highest BCUT2D eigenvalue weighted by molar-refractivity contribution is 7.13. The molecule has 4 rings (SSSR count). The van der Waals surface area contributed by atoms with E-state index in [0.717, 1.165) is 16.3 Å². The van der Waals surface area contributed by atoms with Crippen LogP contribution in [0.5, 0.6) is 0 Å². The van der Waals surface area contributed by atoms with Gasteiger partial charge in [-0.3, -0.25) is 4.79 Å². The average Bonchev–Trinajstić information content (AvgIpc) is 3.19. The largest absolute Gasteiger partial charge is 0.369 e. The number of aliphatic hydroxyl groups is 1. The van der Waals surface area contributed by atoms with Gasteiger partial charge in [0, 0.05) is 35.0 Å². The number of rotatable bonds is 4. The van der Waals surface area contributed by atoms with E-state index >= 15 is 0 Å². The van der Waals surface area contributed by atoms with Gasteiger partial charge in [0.15, 0.2) is 6.23 Å². The van der Waals surface area contributed by atoms with Crippen LogP contribution in [-0.4, -0.2) is 27.4 Å². The van der Waals surface area contributed by atoms with Crippen LogP contribution in [0.15, 0.2) is 60.0 Å². The molecule has 4 nitrogen and oxygen atoms in total. The van der Waals surface area contributed by atoms with E-state index in [1.165, 1.54) is 4.90 Å². The van der Waals surface area contributed by atoms with Crippen LogP contribution in [0.3, 0.4) is 0 Å². The number of carbonyl (C=O) groups excluding carboxylic acids is 1. The maximum atomic E-state index is 12.4. The van der Waals surface area contributed by atoms with Crippen molar-refractivity contribution in [3.8, 4) is 10.6 Å². The van der Waals surface area contributed by atoms with Gasteiger partial charge in [-0.05, 0) is 6.07 Å². The van der Waals surface area contributed by atoms with Gasteiger partial charge in [-0.15, -0.1) is 11.3 Å². The molecule has 1 N–H and O–H groups in total. The molecule has 1 amide bonds. The van der Waals surface area contributed by atoms with Crippen LogP contribution < -0.4 is 0 Å². The summed E-state index contributed by atoms with van der Waals surface area (Å²) in [5.41, 5.74) is 3.31. The molecular formula is C19H16N2O2S. The Bertz CT molecular complexity index is 876. The van der Waals surface area contributed by atoms with Crippen molar-refractivity contribution in [3.05, 3.63) is 76.8 Å². The first-order valence-corrected chi connectivity index (χ1v) is 8.70. The summed E-state index contributed by atoms with van der Waals surface area (Å²) in [6.07, 6.45) is -0.235. The highest BCUT2D eigenvalue weighted by Crippen LogP contribution is 2.31. The summed E-state index contributed by atoms with van der Waals surface area (Å²) in [6, 6.07) is 17.3. The molecule has 120 valence electrons. The Balaban J connectivity index is 1.47. The van der Waals surface area contributed by atoms with E-state index in [2.05, 4.69) is 4.98 Å². The van der Waals surface area contributed by atoms with Crippen molar-refractivity contribution in [3.63, 3.8) is 0 Å². The zero-order valence-electron chi connectivity index (χ0n) is 12.9. The molecule has 1 unspecified atom stereocenters. The fourth-order valence-electron chi connectivity index (χ4n) is 2.94. The molecule has 24 heavy (non-hydrogen) atoms. The monoisotopic (exact) mass is 336 g/mol. The van der Waals surface area contributed by atoms with Crippen molar-refractivity contribution < 1.29 is 9.90 Å². The molecular weight excluding hydrogens is 320 g/mol. The van der Waals surface area contributed by atoms with Crippen LogP contribution in [0.2, 0.25) is 0 Å². The number of amides is 1. The maximum Gasteiger partial charge on any atom is 0.256 e. The summed E-state index contributed by atoms with van der Waals surface area (Å²) < 4.78 is 0. The quantitative estimate of drug-likeness (QED) is 0.793. The molecule has 2 aromatic carbocycles. The number of nitrogens with zero attached hydrogens (tertiary/aromatic N) is 2. The van der Waals surface area contributed by atoms with Gasteiger partial charge in [0.1, 0.15) is 5.01 Å². The van der Waals surface area contributed by atoms with Crippen molar-refractivity contribution in [1.82, 2.24) is 9.88 Å². The molecule has 1 aliphatic rings. The average molecular weight is 336 g/mol. The molecule has 0 saturated carbocycles. The van der Waals surface area contributed by atoms with Gasteiger partial charge in [0.25, 0.3) is 5.91 Å². The second-order valence-corrected chi connectivity index (χ2v) is 6.58. The van der Waals surface area contributed by atoms with Crippen molar-refractivity contribution in [2.45, 2.75) is 12.6 Å². The van der Waals surface area contributed by atoms with Crippen LogP contribution in [0.25, 0.3) is 10.6 Å². The van der Waals surface area contributed by atoms with E-state index in [9.17, 15) is 9.90 Å². The Morgan fingerprint density at radius 2 is 1.83 bits per heavy atom. The first-order chi connectivity index (χ1) is 11.7. The van der Waals surface area contributed by atoms with Crippen LogP contribution in [0, 0.1) is 0 Å². The molecule has 5 heteroatoms. The van der Waals surface area contributed by atoms with Gasteiger partial charge >= 0.3 is 0 Å². The first kappa shape index (κ1) is 15.1. The lowest BCUT2D eigenvalue weighted by atomic mass is 10.1. The highest BCUT2D eigenvalue weighted by atomic mass is 32.1. The predicted octanol–water partition coefficient (Wildman–Crippen LogP) is 3.50. The Kier molecular flexibility index (Phi) is 3.88. The molecule has 3 aromatic rings. The Morgan fingerprint density at radius 3 is 2.62 bits per heavy atom. The van der Waals surface area contributed by atoms with E-state index < -0.39 is 6.23 Å². The summed E-state index contributed by atoms with van der Waals surface area (Å²) in [7, 11) is 0. The molecule has 0 aliphatic carbocycles. The van der Waals surface area contributed by atoms with Gasteiger partial charge in [0.2, 0.25) is 0 Å². The Labute approximate surface area is 144 Å². The summed E-state index contributed by atoms with van der Waals surface area (Å²) in [5.74, 6) is -0.114. The number of carbonyl (C=O) groups is 1. The Hall–Kier alpha value is -2.50. The van der Waals surface area contributed by atoms with Gasteiger partial charge in [-0.1, -0.05) is 48.5 Å². The molecule has 1 aromatic heterocycles. The fraction of sp³-hybridized carbons (Fsp3) is 0.158. The summed E-state index contributed by atoms with van der Waals surface area (Å²) >= 11 is 1.60. The second kappa shape index (κ2) is 6.19. The number of benzene rings is 2. The second-order valence-electron chi connectivity index (χ2n) is 5.72. The number of hydrogen-bond donors (Lipinski definition) is 1. The zero-order chi connectivity index (χ0) is 16.5. The predicted molar refractivity (Wildman–Crippen MR) is 93.7 cm³/mol. The minimum Gasteiger partial charge on any atom is -0.369 e. The normalized spacial score (nSPS) is 16.5. The highest BCUT2D eigenvalue weighted by Gasteiger charge is 2.34. The fourth-order valence-corrected chi connectivity index (χ4v) is 3.80. The lowest BCUT2D eigenvalue weighted by molar-refractivity contribution is 0.0182. The van der Waals surface area contributed by atoms with Crippen molar-refractivity contribution in [1.29, 1.82) is 0 Å². The minimum atomic E-state index is -0.860. The van der Waals surface area contributed by atoms with Crippen molar-refractivity contribution >= 4 is 17.2 Å². The molecule has 0 spiro atoms. The summed E-state index contributed by atoms with van der Waals surface area (Å²) in [5, 5.41) is 13.4. The summed E-state index contributed by atoms with van der Waals surface area (Å²) in [6.45, 7) is 0.451. The molecule has 2 heterocycles. The van der Waals surface area contributed by atoms with Gasteiger partial charge in [-0.2, -0.15) is 0 Å². The third-order valence-corrected chi connectivity index (χ3v) is 5.15. The number of fused-ring (bicyclic) bond motifs is 1. The van der Waals surface area contributed by atoms with E-state index in [1.54, 1.807) is 23.5 Å². The van der Waals surface area contributed by atoms with Crippen LogP contribution in [0.1, 0.15) is 27.8 Å². The van der Waals surface area contributed by atoms with Crippen LogP contribution >= 0.6 is 11.3 Å². The molecule has 0 fully saturated rings. The van der Waals surface area contributed by atoms with Crippen LogP contribution in [0.4, 0.5) is 0 Å². The summed E-state index contributed by atoms with van der Waals surface area (Å²) in [4.78, 5) is 18.5. The third kappa shape index (κ3) is 2.62. The Morgan fingerprint density at radius 1 is 1.08 bits per heavy atom. The third-order valence-electron chi connectivity index (χ3n) is 4.21. The van der Waals surface area contributed by atoms with Crippen molar-refractivity contribution in [2.24, 2.45) is 0 Å². The van der Waals surface area contributed by atoms with E-state index in [1.807, 2.05) is 47.8 Å². The number of aromatic nitrogens is 1. The first-order valence-electron chi connectivity index (χ1n) is 7.82. The van der Waals surface area contributed by atoms with Gasteiger partial charge in [0.05, 0.1) is 5.69 Å². The lowest BCUT2D eigenvalue weighted by Gasteiger charge is -2.20. The SMILES string of the molecule is O=C1c2ccccc2C(O)N1CCc1csc(-c2ccccc2)n1. The van der Waals surface area contributed by atoms with Crippen LogP contribution in [-0.2, 0) is 6.42 Å². The molecule has 0 radical (unpaired) electrons.